The van der Waals surface area contributed by atoms with Gasteiger partial charge in [0.2, 0.25) is 0 Å². The van der Waals surface area contributed by atoms with Gasteiger partial charge in [0.25, 0.3) is 5.91 Å². The third-order valence-electron chi connectivity index (χ3n) is 4.03. The summed E-state index contributed by atoms with van der Waals surface area (Å²) < 4.78 is 19.7. The molecule has 138 valence electrons. The SMILES string of the molecule is Cc1c(F)cc(C(=O)N2CCC(NC(=O)OC(C)(C)C)CC2)cc1Br. The second-order valence-electron chi connectivity index (χ2n) is 7.28. The summed E-state index contributed by atoms with van der Waals surface area (Å²) in [6, 6.07) is 2.89. The van der Waals surface area contributed by atoms with Gasteiger partial charge in [0, 0.05) is 29.2 Å². The zero-order chi connectivity index (χ0) is 18.8. The standard InChI is InChI=1S/C18H24BrFN2O3/c1-11-14(19)9-12(10-15(11)20)16(23)22-7-5-13(6-8-22)21-17(24)25-18(2,3)4/h9-10,13H,5-8H2,1-4H3,(H,21,24). The van der Waals surface area contributed by atoms with Crippen LogP contribution in [0.5, 0.6) is 0 Å². The molecule has 0 atom stereocenters. The van der Waals surface area contributed by atoms with Gasteiger partial charge in [0.05, 0.1) is 0 Å². The number of nitrogens with one attached hydrogen (secondary N) is 1. The first-order valence-corrected chi connectivity index (χ1v) is 9.10. The number of amides is 2. The molecule has 5 nitrogen and oxygen atoms in total. The molecule has 25 heavy (non-hydrogen) atoms. The molecule has 0 bridgehead atoms. The molecular formula is C18H24BrFN2O3. The monoisotopic (exact) mass is 414 g/mol. The Morgan fingerprint density at radius 3 is 2.40 bits per heavy atom. The highest BCUT2D eigenvalue weighted by Gasteiger charge is 2.26. The molecule has 0 aliphatic carbocycles. The van der Waals surface area contributed by atoms with E-state index in [4.69, 9.17) is 4.74 Å². The molecule has 0 radical (unpaired) electrons. The number of piperidine rings is 1. The molecule has 1 N–H and O–H groups in total. The highest BCUT2D eigenvalue weighted by Crippen LogP contribution is 2.23. The Labute approximate surface area is 156 Å². The summed E-state index contributed by atoms with van der Waals surface area (Å²) in [6.07, 6.45) is 0.836. The highest BCUT2D eigenvalue weighted by molar-refractivity contribution is 9.10. The zero-order valence-electron chi connectivity index (χ0n) is 15.0. The molecule has 1 aromatic carbocycles. The summed E-state index contributed by atoms with van der Waals surface area (Å²) >= 11 is 3.28. The lowest BCUT2D eigenvalue weighted by Gasteiger charge is -2.33. The summed E-state index contributed by atoms with van der Waals surface area (Å²) in [5, 5.41) is 2.83. The number of hydrogen-bond acceptors (Lipinski definition) is 3. The number of alkyl carbamates (subject to hydrolysis) is 1. The Morgan fingerprint density at radius 1 is 1.28 bits per heavy atom. The fraction of sp³-hybridized carbons (Fsp3) is 0.556. The zero-order valence-corrected chi connectivity index (χ0v) is 16.6. The lowest BCUT2D eigenvalue weighted by molar-refractivity contribution is 0.0473. The molecular weight excluding hydrogens is 391 g/mol. The summed E-state index contributed by atoms with van der Waals surface area (Å²) in [4.78, 5) is 26.1. The fourth-order valence-corrected chi connectivity index (χ4v) is 3.09. The van der Waals surface area contributed by atoms with E-state index in [0.29, 0.717) is 41.5 Å². The second-order valence-corrected chi connectivity index (χ2v) is 8.13. The van der Waals surface area contributed by atoms with Crippen LogP contribution >= 0.6 is 15.9 Å². The molecule has 0 unspecified atom stereocenters. The molecule has 1 aromatic rings. The summed E-state index contributed by atoms with van der Waals surface area (Å²) in [6.45, 7) is 8.10. The molecule has 0 aromatic heterocycles. The van der Waals surface area contributed by atoms with Gasteiger partial charge in [-0.1, -0.05) is 15.9 Å². The van der Waals surface area contributed by atoms with Gasteiger partial charge in [0.15, 0.2) is 0 Å². The van der Waals surface area contributed by atoms with Gasteiger partial charge in [-0.2, -0.15) is 0 Å². The van der Waals surface area contributed by atoms with Crippen LogP contribution < -0.4 is 5.32 Å². The van der Waals surface area contributed by atoms with Crippen LogP contribution in [-0.4, -0.2) is 41.6 Å². The smallest absolute Gasteiger partial charge is 0.407 e. The average molecular weight is 415 g/mol. The van der Waals surface area contributed by atoms with Crippen molar-refractivity contribution in [2.45, 2.75) is 52.2 Å². The maximum absolute atomic E-state index is 13.8. The Balaban J connectivity index is 1.91. The predicted octanol–water partition coefficient (Wildman–Crippen LogP) is 4.03. The van der Waals surface area contributed by atoms with Crippen LogP contribution in [0.25, 0.3) is 0 Å². The topological polar surface area (TPSA) is 58.6 Å². The van der Waals surface area contributed by atoms with E-state index in [-0.39, 0.29) is 11.9 Å². The molecule has 1 heterocycles. The molecule has 1 aliphatic heterocycles. The van der Waals surface area contributed by atoms with Crippen molar-refractivity contribution in [1.82, 2.24) is 10.2 Å². The van der Waals surface area contributed by atoms with Crippen molar-refractivity contribution in [2.75, 3.05) is 13.1 Å². The fourth-order valence-electron chi connectivity index (χ4n) is 2.65. The number of nitrogens with zero attached hydrogens (tertiary/aromatic N) is 1. The molecule has 2 amide bonds. The van der Waals surface area contributed by atoms with Crippen LogP contribution in [-0.2, 0) is 4.74 Å². The Morgan fingerprint density at radius 2 is 1.88 bits per heavy atom. The number of likely N-dealkylation sites (tertiary alicyclic amines) is 1. The van der Waals surface area contributed by atoms with Gasteiger partial charge >= 0.3 is 6.09 Å². The van der Waals surface area contributed by atoms with Crippen LogP contribution in [0.3, 0.4) is 0 Å². The summed E-state index contributed by atoms with van der Waals surface area (Å²) in [5.41, 5.74) is 0.272. The van der Waals surface area contributed by atoms with E-state index < -0.39 is 17.5 Å². The Kier molecular flexibility index (Phi) is 6.08. The number of carbonyl (C=O) groups excluding carboxylic acids is 2. The Hall–Kier alpha value is -1.63. The van der Waals surface area contributed by atoms with Crippen molar-refractivity contribution < 1.29 is 18.7 Å². The highest BCUT2D eigenvalue weighted by atomic mass is 79.9. The van der Waals surface area contributed by atoms with Gasteiger partial charge in [-0.05, 0) is 58.2 Å². The first kappa shape index (κ1) is 19.7. The summed E-state index contributed by atoms with van der Waals surface area (Å²) in [7, 11) is 0. The van der Waals surface area contributed by atoms with Crippen molar-refractivity contribution in [1.29, 1.82) is 0 Å². The molecule has 1 aliphatic rings. The first-order valence-electron chi connectivity index (χ1n) is 8.31. The summed E-state index contributed by atoms with van der Waals surface area (Å²) in [5.74, 6) is -0.602. The average Bonchev–Trinajstić information content (AvgIpc) is 2.50. The van der Waals surface area contributed by atoms with Crippen molar-refractivity contribution in [3.63, 3.8) is 0 Å². The lowest BCUT2D eigenvalue weighted by atomic mass is 10.0. The van der Waals surface area contributed by atoms with Gasteiger partial charge < -0.3 is 15.0 Å². The number of halogens is 2. The van der Waals surface area contributed by atoms with E-state index in [1.54, 1.807) is 17.9 Å². The van der Waals surface area contributed by atoms with Crippen LogP contribution in [0, 0.1) is 12.7 Å². The lowest BCUT2D eigenvalue weighted by Crippen LogP contribution is -2.47. The minimum Gasteiger partial charge on any atom is -0.444 e. The minimum atomic E-state index is -0.538. The minimum absolute atomic E-state index is 0.0274. The van der Waals surface area contributed by atoms with Crippen LogP contribution in [0.15, 0.2) is 16.6 Å². The first-order chi connectivity index (χ1) is 11.6. The van der Waals surface area contributed by atoms with Crippen LogP contribution in [0.1, 0.15) is 49.5 Å². The predicted molar refractivity (Wildman–Crippen MR) is 97.1 cm³/mol. The second kappa shape index (κ2) is 7.72. The van der Waals surface area contributed by atoms with Crippen LogP contribution in [0.4, 0.5) is 9.18 Å². The van der Waals surface area contributed by atoms with E-state index in [1.165, 1.54) is 6.07 Å². The number of carbonyl (C=O) groups is 2. The van der Waals surface area contributed by atoms with Gasteiger partial charge in [0.1, 0.15) is 11.4 Å². The van der Waals surface area contributed by atoms with Crippen LogP contribution in [0.2, 0.25) is 0 Å². The number of ether oxygens (including phenoxy) is 1. The van der Waals surface area contributed by atoms with Crippen molar-refractivity contribution in [3.05, 3.63) is 33.5 Å². The molecule has 1 fully saturated rings. The third-order valence-corrected chi connectivity index (χ3v) is 4.85. The Bertz CT molecular complexity index is 642. The van der Waals surface area contributed by atoms with Crippen molar-refractivity contribution in [3.8, 4) is 0 Å². The van der Waals surface area contributed by atoms with Crippen molar-refractivity contribution >= 4 is 27.9 Å². The molecule has 1 saturated heterocycles. The van der Waals surface area contributed by atoms with Gasteiger partial charge in [-0.3, -0.25) is 4.79 Å². The molecule has 7 heteroatoms. The van der Waals surface area contributed by atoms with E-state index >= 15 is 0 Å². The van der Waals surface area contributed by atoms with Gasteiger partial charge in [-0.25, -0.2) is 9.18 Å². The largest absolute Gasteiger partial charge is 0.444 e. The van der Waals surface area contributed by atoms with Crippen molar-refractivity contribution in [2.24, 2.45) is 0 Å². The third kappa shape index (κ3) is 5.42. The maximum atomic E-state index is 13.8. The van der Waals surface area contributed by atoms with Gasteiger partial charge in [-0.15, -0.1) is 0 Å². The van der Waals surface area contributed by atoms with E-state index in [9.17, 15) is 14.0 Å². The molecule has 0 spiro atoms. The number of hydrogen-bond donors (Lipinski definition) is 1. The van der Waals surface area contributed by atoms with E-state index in [0.717, 1.165) is 0 Å². The normalized spacial score (nSPS) is 15.8. The molecule has 0 saturated carbocycles. The quantitative estimate of drug-likeness (QED) is 0.794. The number of benzene rings is 1. The van der Waals surface area contributed by atoms with E-state index in [2.05, 4.69) is 21.2 Å². The number of rotatable bonds is 2. The molecule has 2 rings (SSSR count). The maximum Gasteiger partial charge on any atom is 0.407 e. The van der Waals surface area contributed by atoms with E-state index in [1.807, 2.05) is 20.8 Å².